The molecule has 1 aromatic carbocycles. The van der Waals surface area contributed by atoms with Gasteiger partial charge in [0.05, 0.1) is 13.0 Å². The van der Waals surface area contributed by atoms with E-state index in [2.05, 4.69) is 11.4 Å². The predicted octanol–water partition coefficient (Wildman–Crippen LogP) is 0.799. The summed E-state index contributed by atoms with van der Waals surface area (Å²) in [7, 11) is 1.67. The van der Waals surface area contributed by atoms with Gasteiger partial charge in [-0.1, -0.05) is 6.07 Å². The second kappa shape index (κ2) is 4.61. The van der Waals surface area contributed by atoms with E-state index in [4.69, 9.17) is 4.74 Å². The van der Waals surface area contributed by atoms with Crippen molar-refractivity contribution < 1.29 is 9.53 Å². The number of hydrogen-bond acceptors (Lipinski definition) is 3. The SMILES string of the molecule is COc1ccc2c(c1)CN(C(=O)C1CNC1)CC2. The first kappa shape index (κ1) is 11.5. The molecule has 0 saturated carbocycles. The Morgan fingerprint density at radius 1 is 1.39 bits per heavy atom. The van der Waals surface area contributed by atoms with Gasteiger partial charge in [-0.15, -0.1) is 0 Å². The van der Waals surface area contributed by atoms with E-state index in [0.29, 0.717) is 5.91 Å². The molecule has 1 aromatic rings. The smallest absolute Gasteiger partial charge is 0.228 e. The number of carbonyl (C=O) groups is 1. The average molecular weight is 246 g/mol. The molecule has 1 amide bonds. The minimum Gasteiger partial charge on any atom is -0.497 e. The third-order valence-electron chi connectivity index (χ3n) is 3.87. The maximum absolute atomic E-state index is 12.2. The summed E-state index contributed by atoms with van der Waals surface area (Å²) in [6, 6.07) is 6.15. The van der Waals surface area contributed by atoms with Crippen molar-refractivity contribution in [1.82, 2.24) is 10.2 Å². The maximum atomic E-state index is 12.2. The zero-order chi connectivity index (χ0) is 12.5. The lowest BCUT2D eigenvalue weighted by atomic mass is 9.96. The zero-order valence-electron chi connectivity index (χ0n) is 10.6. The first-order valence-corrected chi connectivity index (χ1v) is 6.43. The van der Waals surface area contributed by atoms with E-state index in [-0.39, 0.29) is 5.92 Å². The Kier molecular flexibility index (Phi) is 2.96. The standard InChI is InChI=1S/C14H18N2O2/c1-18-13-3-2-10-4-5-16(9-11(10)6-13)14(17)12-7-15-8-12/h2-3,6,12,15H,4-5,7-9H2,1H3. The van der Waals surface area contributed by atoms with E-state index in [1.807, 2.05) is 17.0 Å². The molecule has 2 aliphatic heterocycles. The lowest BCUT2D eigenvalue weighted by Crippen LogP contribution is -2.52. The molecule has 0 aromatic heterocycles. The normalized spacial score (nSPS) is 19.1. The van der Waals surface area contributed by atoms with Crippen molar-refractivity contribution in [2.24, 2.45) is 5.92 Å². The molecule has 0 atom stereocenters. The number of nitrogens with one attached hydrogen (secondary N) is 1. The average Bonchev–Trinajstić information content (AvgIpc) is 2.35. The molecule has 96 valence electrons. The number of rotatable bonds is 2. The number of benzene rings is 1. The van der Waals surface area contributed by atoms with E-state index < -0.39 is 0 Å². The van der Waals surface area contributed by atoms with Gasteiger partial charge in [-0.3, -0.25) is 4.79 Å². The summed E-state index contributed by atoms with van der Waals surface area (Å²) in [6.07, 6.45) is 0.950. The third kappa shape index (κ3) is 1.97. The molecule has 0 unspecified atom stereocenters. The van der Waals surface area contributed by atoms with Crippen molar-refractivity contribution >= 4 is 5.91 Å². The van der Waals surface area contributed by atoms with E-state index in [1.165, 1.54) is 11.1 Å². The van der Waals surface area contributed by atoms with Crippen LogP contribution >= 0.6 is 0 Å². The molecule has 3 rings (SSSR count). The van der Waals surface area contributed by atoms with E-state index in [1.54, 1.807) is 7.11 Å². The molecule has 0 aliphatic carbocycles. The second-order valence-corrected chi connectivity index (χ2v) is 5.00. The molecule has 0 spiro atoms. The van der Waals surface area contributed by atoms with Crippen LogP contribution in [0.1, 0.15) is 11.1 Å². The van der Waals surface area contributed by atoms with Crippen LogP contribution in [0.25, 0.3) is 0 Å². The molecule has 0 radical (unpaired) electrons. The van der Waals surface area contributed by atoms with Crippen molar-refractivity contribution in [2.45, 2.75) is 13.0 Å². The summed E-state index contributed by atoms with van der Waals surface area (Å²) >= 11 is 0. The van der Waals surface area contributed by atoms with Gasteiger partial charge in [0.2, 0.25) is 5.91 Å². The van der Waals surface area contributed by atoms with Gasteiger partial charge in [-0.25, -0.2) is 0 Å². The van der Waals surface area contributed by atoms with Gasteiger partial charge in [-0.05, 0) is 29.7 Å². The number of nitrogens with zero attached hydrogens (tertiary/aromatic N) is 1. The number of amides is 1. The number of fused-ring (bicyclic) bond motifs is 1. The van der Waals surface area contributed by atoms with Crippen molar-refractivity contribution in [3.63, 3.8) is 0 Å². The van der Waals surface area contributed by atoms with Crippen LogP contribution in [0.4, 0.5) is 0 Å². The molecule has 1 saturated heterocycles. The van der Waals surface area contributed by atoms with E-state index in [0.717, 1.165) is 38.3 Å². The molecule has 2 aliphatic rings. The highest BCUT2D eigenvalue weighted by atomic mass is 16.5. The van der Waals surface area contributed by atoms with Crippen LogP contribution in [0.5, 0.6) is 5.75 Å². The molecule has 2 heterocycles. The quantitative estimate of drug-likeness (QED) is 0.839. The third-order valence-corrected chi connectivity index (χ3v) is 3.87. The lowest BCUT2D eigenvalue weighted by Gasteiger charge is -2.35. The maximum Gasteiger partial charge on any atom is 0.228 e. The van der Waals surface area contributed by atoms with Crippen LogP contribution in [-0.2, 0) is 17.8 Å². The van der Waals surface area contributed by atoms with Gasteiger partial charge < -0.3 is 15.0 Å². The molecule has 4 nitrogen and oxygen atoms in total. The highest BCUT2D eigenvalue weighted by Crippen LogP contribution is 2.25. The van der Waals surface area contributed by atoms with Crippen molar-refractivity contribution in [3.05, 3.63) is 29.3 Å². The Hall–Kier alpha value is -1.55. The fourth-order valence-electron chi connectivity index (χ4n) is 2.57. The summed E-state index contributed by atoms with van der Waals surface area (Å²) in [5, 5.41) is 3.15. The highest BCUT2D eigenvalue weighted by Gasteiger charge is 2.30. The van der Waals surface area contributed by atoms with E-state index in [9.17, 15) is 4.79 Å². The Bertz CT molecular complexity index is 469. The highest BCUT2D eigenvalue weighted by molar-refractivity contribution is 5.80. The monoisotopic (exact) mass is 246 g/mol. The fraction of sp³-hybridized carbons (Fsp3) is 0.500. The van der Waals surface area contributed by atoms with Crippen LogP contribution in [0, 0.1) is 5.92 Å². The number of hydrogen-bond donors (Lipinski definition) is 1. The van der Waals surface area contributed by atoms with Gasteiger partial charge in [0.1, 0.15) is 5.75 Å². The summed E-state index contributed by atoms with van der Waals surface area (Å²) in [6.45, 7) is 3.23. The Morgan fingerprint density at radius 3 is 2.89 bits per heavy atom. The van der Waals surface area contributed by atoms with Crippen molar-refractivity contribution in [3.8, 4) is 5.75 Å². The molecular formula is C14H18N2O2. The lowest BCUT2D eigenvalue weighted by molar-refractivity contribution is -0.138. The summed E-state index contributed by atoms with van der Waals surface area (Å²) in [4.78, 5) is 14.2. The minimum atomic E-state index is 0.192. The fourth-order valence-corrected chi connectivity index (χ4v) is 2.57. The van der Waals surface area contributed by atoms with E-state index >= 15 is 0 Å². The minimum absolute atomic E-state index is 0.192. The molecule has 1 N–H and O–H groups in total. The molecule has 0 bridgehead atoms. The van der Waals surface area contributed by atoms with Gasteiger partial charge in [-0.2, -0.15) is 0 Å². The van der Waals surface area contributed by atoms with Crippen molar-refractivity contribution in [2.75, 3.05) is 26.7 Å². The Labute approximate surface area is 107 Å². The van der Waals surface area contributed by atoms with Crippen LogP contribution in [0.2, 0.25) is 0 Å². The first-order chi connectivity index (χ1) is 8.78. The molecule has 18 heavy (non-hydrogen) atoms. The van der Waals surface area contributed by atoms with Crippen LogP contribution < -0.4 is 10.1 Å². The molecular weight excluding hydrogens is 228 g/mol. The number of methoxy groups -OCH3 is 1. The first-order valence-electron chi connectivity index (χ1n) is 6.43. The summed E-state index contributed by atoms with van der Waals surface area (Å²) < 4.78 is 5.24. The second-order valence-electron chi connectivity index (χ2n) is 5.00. The van der Waals surface area contributed by atoms with Crippen LogP contribution in [-0.4, -0.2) is 37.6 Å². The zero-order valence-corrected chi connectivity index (χ0v) is 10.6. The van der Waals surface area contributed by atoms with Gasteiger partial charge in [0, 0.05) is 26.2 Å². The molecule has 1 fully saturated rings. The summed E-state index contributed by atoms with van der Waals surface area (Å²) in [5.74, 6) is 1.35. The van der Waals surface area contributed by atoms with Gasteiger partial charge in [0.25, 0.3) is 0 Å². The van der Waals surface area contributed by atoms with Gasteiger partial charge >= 0.3 is 0 Å². The van der Waals surface area contributed by atoms with Crippen molar-refractivity contribution in [1.29, 1.82) is 0 Å². The van der Waals surface area contributed by atoms with Crippen LogP contribution in [0.3, 0.4) is 0 Å². The van der Waals surface area contributed by atoms with Gasteiger partial charge in [0.15, 0.2) is 0 Å². The number of ether oxygens (including phenoxy) is 1. The topological polar surface area (TPSA) is 41.6 Å². The number of carbonyl (C=O) groups excluding carboxylic acids is 1. The summed E-state index contributed by atoms with van der Waals surface area (Å²) in [5.41, 5.74) is 2.56. The Balaban J connectivity index is 1.76. The van der Waals surface area contributed by atoms with Crippen LogP contribution in [0.15, 0.2) is 18.2 Å². The largest absolute Gasteiger partial charge is 0.497 e. The predicted molar refractivity (Wildman–Crippen MR) is 68.5 cm³/mol. The molecule has 4 heteroatoms. The Morgan fingerprint density at radius 2 is 2.22 bits per heavy atom.